The number of amides is 2. The number of aromatic nitrogens is 1. The van der Waals surface area contributed by atoms with Crippen LogP contribution in [0.3, 0.4) is 0 Å². The molecule has 0 saturated heterocycles. The molecular formula is C23H21N3O2S. The summed E-state index contributed by atoms with van der Waals surface area (Å²) in [5.41, 5.74) is 2.39. The lowest BCUT2D eigenvalue weighted by molar-refractivity contribution is -0.115. The first-order valence-corrected chi connectivity index (χ1v) is 10.00. The summed E-state index contributed by atoms with van der Waals surface area (Å²) in [7, 11) is 0. The normalized spacial score (nSPS) is 11.8. The van der Waals surface area contributed by atoms with Crippen LogP contribution < -0.4 is 10.6 Å². The second kappa shape index (κ2) is 10.2. The van der Waals surface area contributed by atoms with Crippen molar-refractivity contribution in [2.45, 2.75) is 17.1 Å². The van der Waals surface area contributed by atoms with Gasteiger partial charge in [0.25, 0.3) is 0 Å². The number of benzene rings is 2. The van der Waals surface area contributed by atoms with Crippen molar-refractivity contribution in [3.63, 3.8) is 0 Å². The van der Waals surface area contributed by atoms with Crippen LogP contribution in [0.25, 0.3) is 6.08 Å². The molecule has 0 saturated carbocycles. The Morgan fingerprint density at radius 1 is 0.897 bits per heavy atom. The minimum absolute atomic E-state index is 0.0790. The summed E-state index contributed by atoms with van der Waals surface area (Å²) in [5, 5.41) is 5.42. The molecule has 29 heavy (non-hydrogen) atoms. The molecule has 1 atom stereocenters. The molecule has 0 radical (unpaired) electrons. The molecule has 146 valence electrons. The molecule has 0 bridgehead atoms. The van der Waals surface area contributed by atoms with Crippen LogP contribution in [0.1, 0.15) is 12.5 Å². The Bertz CT molecular complexity index is 974. The number of hydrogen-bond acceptors (Lipinski definition) is 4. The van der Waals surface area contributed by atoms with Gasteiger partial charge in [-0.25, -0.2) is 0 Å². The fraction of sp³-hybridized carbons (Fsp3) is 0.0870. The van der Waals surface area contributed by atoms with Gasteiger partial charge < -0.3 is 10.6 Å². The van der Waals surface area contributed by atoms with Crippen LogP contribution in [0.4, 0.5) is 11.4 Å². The largest absolute Gasteiger partial charge is 0.325 e. The highest BCUT2D eigenvalue weighted by Gasteiger charge is 2.14. The Kier molecular flexibility index (Phi) is 7.19. The highest BCUT2D eigenvalue weighted by molar-refractivity contribution is 8.00. The van der Waals surface area contributed by atoms with Gasteiger partial charge in [0.05, 0.1) is 5.25 Å². The first-order valence-electron chi connectivity index (χ1n) is 9.12. The molecule has 2 aromatic carbocycles. The molecule has 0 aliphatic heterocycles. The van der Waals surface area contributed by atoms with Crippen molar-refractivity contribution in [3.8, 4) is 0 Å². The van der Waals surface area contributed by atoms with Crippen LogP contribution in [-0.4, -0.2) is 22.0 Å². The molecule has 6 heteroatoms. The van der Waals surface area contributed by atoms with Crippen LogP contribution in [0, 0.1) is 0 Å². The predicted octanol–water partition coefficient (Wildman–Crippen LogP) is 4.85. The van der Waals surface area contributed by atoms with Crippen molar-refractivity contribution in [2.24, 2.45) is 0 Å². The van der Waals surface area contributed by atoms with Crippen molar-refractivity contribution >= 4 is 41.0 Å². The van der Waals surface area contributed by atoms with Crippen molar-refractivity contribution in [1.29, 1.82) is 0 Å². The van der Waals surface area contributed by atoms with E-state index < -0.39 is 0 Å². The Morgan fingerprint density at radius 3 is 2.24 bits per heavy atom. The summed E-state index contributed by atoms with van der Waals surface area (Å²) in [6.07, 6.45) is 6.54. The van der Waals surface area contributed by atoms with E-state index >= 15 is 0 Å². The molecule has 1 unspecified atom stereocenters. The first kappa shape index (κ1) is 20.4. The van der Waals surface area contributed by atoms with E-state index in [0.29, 0.717) is 5.69 Å². The Morgan fingerprint density at radius 2 is 1.55 bits per heavy atom. The van der Waals surface area contributed by atoms with Gasteiger partial charge in [0.15, 0.2) is 0 Å². The highest BCUT2D eigenvalue weighted by atomic mass is 32.2. The van der Waals surface area contributed by atoms with Crippen LogP contribution in [-0.2, 0) is 9.59 Å². The SMILES string of the molecule is CC(Sc1ccc(NC(=O)/C=C/c2ccccc2)cc1)C(=O)Nc1ccncc1. The first-order chi connectivity index (χ1) is 14.1. The molecule has 0 aliphatic carbocycles. The van der Waals surface area contributed by atoms with Crippen molar-refractivity contribution in [1.82, 2.24) is 4.98 Å². The van der Waals surface area contributed by atoms with Gasteiger partial charge in [0.2, 0.25) is 11.8 Å². The maximum absolute atomic E-state index is 12.3. The average molecular weight is 404 g/mol. The third-order valence-corrected chi connectivity index (χ3v) is 5.09. The van der Waals surface area contributed by atoms with Gasteiger partial charge in [0, 0.05) is 34.7 Å². The number of rotatable bonds is 7. The van der Waals surface area contributed by atoms with E-state index in [1.165, 1.54) is 17.8 Å². The third kappa shape index (κ3) is 6.62. The number of carbonyl (C=O) groups is 2. The van der Waals surface area contributed by atoms with Gasteiger partial charge >= 0.3 is 0 Å². The summed E-state index contributed by atoms with van der Waals surface area (Å²) in [4.78, 5) is 29.2. The number of thioether (sulfide) groups is 1. The molecule has 3 aromatic rings. The fourth-order valence-corrected chi connectivity index (χ4v) is 3.34. The zero-order valence-corrected chi connectivity index (χ0v) is 16.7. The monoisotopic (exact) mass is 403 g/mol. The number of carbonyl (C=O) groups excluding carboxylic acids is 2. The second-order valence-corrected chi connectivity index (χ2v) is 7.66. The molecule has 1 heterocycles. The molecular weight excluding hydrogens is 382 g/mol. The average Bonchev–Trinajstić information content (AvgIpc) is 2.75. The van der Waals surface area contributed by atoms with Crippen molar-refractivity contribution < 1.29 is 9.59 Å². The van der Waals surface area contributed by atoms with Gasteiger partial charge in [-0.2, -0.15) is 0 Å². The Labute approximate surface area is 174 Å². The summed E-state index contributed by atoms with van der Waals surface area (Å²) < 4.78 is 0. The summed E-state index contributed by atoms with van der Waals surface area (Å²) in [6, 6.07) is 20.6. The van der Waals surface area contributed by atoms with E-state index in [4.69, 9.17) is 0 Å². The van der Waals surface area contributed by atoms with E-state index in [-0.39, 0.29) is 17.1 Å². The van der Waals surface area contributed by atoms with E-state index in [9.17, 15) is 9.59 Å². The maximum atomic E-state index is 12.3. The number of anilines is 2. The standard InChI is InChI=1S/C23H21N3O2S/c1-17(23(28)26-20-13-15-24-16-14-20)29-21-10-8-19(9-11-21)25-22(27)12-7-18-5-3-2-4-6-18/h2-17H,1H3,(H,25,27)(H,24,26,28)/b12-7+. The van der Waals surface area contributed by atoms with Crippen LogP contribution in [0.2, 0.25) is 0 Å². The van der Waals surface area contributed by atoms with E-state index in [1.807, 2.05) is 61.5 Å². The molecule has 2 N–H and O–H groups in total. The lowest BCUT2D eigenvalue weighted by Gasteiger charge is -2.12. The summed E-state index contributed by atoms with van der Waals surface area (Å²) in [6.45, 7) is 1.85. The van der Waals surface area contributed by atoms with Crippen molar-refractivity contribution in [3.05, 3.63) is 90.8 Å². The third-order valence-electron chi connectivity index (χ3n) is 3.98. The Balaban J connectivity index is 1.51. The number of nitrogens with zero attached hydrogens (tertiary/aromatic N) is 1. The molecule has 5 nitrogen and oxygen atoms in total. The van der Waals surface area contributed by atoms with Crippen molar-refractivity contribution in [2.75, 3.05) is 10.6 Å². The van der Waals surface area contributed by atoms with E-state index in [1.54, 1.807) is 30.6 Å². The zero-order chi connectivity index (χ0) is 20.5. The Hall–Kier alpha value is -3.38. The van der Waals surface area contributed by atoms with Gasteiger partial charge in [0.1, 0.15) is 0 Å². The summed E-state index contributed by atoms with van der Waals surface area (Å²) in [5.74, 6) is -0.274. The van der Waals surface area contributed by atoms with Gasteiger partial charge in [-0.1, -0.05) is 30.3 Å². The predicted molar refractivity (Wildman–Crippen MR) is 119 cm³/mol. The summed E-state index contributed by atoms with van der Waals surface area (Å²) >= 11 is 1.45. The molecule has 0 fully saturated rings. The number of nitrogens with one attached hydrogen (secondary N) is 2. The lowest BCUT2D eigenvalue weighted by Crippen LogP contribution is -2.22. The maximum Gasteiger partial charge on any atom is 0.248 e. The van der Waals surface area contributed by atoms with Gasteiger partial charge in [-0.15, -0.1) is 11.8 Å². The minimum atomic E-state index is -0.266. The van der Waals surface area contributed by atoms with Crippen LogP contribution in [0.5, 0.6) is 0 Å². The number of pyridine rings is 1. The minimum Gasteiger partial charge on any atom is -0.325 e. The molecule has 1 aromatic heterocycles. The number of hydrogen-bond donors (Lipinski definition) is 2. The lowest BCUT2D eigenvalue weighted by atomic mass is 10.2. The topological polar surface area (TPSA) is 71.1 Å². The second-order valence-electron chi connectivity index (χ2n) is 6.24. The van der Waals surface area contributed by atoms with Crippen LogP contribution in [0.15, 0.2) is 90.1 Å². The van der Waals surface area contributed by atoms with Gasteiger partial charge in [-0.05, 0) is 55.0 Å². The highest BCUT2D eigenvalue weighted by Crippen LogP contribution is 2.25. The molecule has 0 aliphatic rings. The fourth-order valence-electron chi connectivity index (χ4n) is 2.47. The quantitative estimate of drug-likeness (QED) is 0.437. The zero-order valence-electron chi connectivity index (χ0n) is 15.9. The smallest absolute Gasteiger partial charge is 0.248 e. The van der Waals surface area contributed by atoms with E-state index in [0.717, 1.165) is 16.1 Å². The van der Waals surface area contributed by atoms with Gasteiger partial charge in [-0.3, -0.25) is 14.6 Å². The van der Waals surface area contributed by atoms with Crippen LogP contribution >= 0.6 is 11.8 Å². The van der Waals surface area contributed by atoms with E-state index in [2.05, 4.69) is 15.6 Å². The molecule has 2 amide bonds. The molecule has 0 spiro atoms. The molecule has 3 rings (SSSR count).